The van der Waals surface area contributed by atoms with Crippen LogP contribution in [0, 0.1) is 5.82 Å². The first kappa shape index (κ1) is 13.6. The van der Waals surface area contributed by atoms with E-state index in [0.29, 0.717) is 0 Å². The third kappa shape index (κ3) is 4.14. The van der Waals surface area contributed by atoms with Gasteiger partial charge in [-0.25, -0.2) is 4.39 Å². The molecule has 0 amide bonds. The molecule has 1 saturated carbocycles. The third-order valence-corrected chi connectivity index (χ3v) is 3.33. The molecule has 1 fully saturated rings. The summed E-state index contributed by atoms with van der Waals surface area (Å²) in [6, 6.07) is 5.57. The minimum Gasteiger partial charge on any atom is -0.488 e. The lowest BCUT2D eigenvalue weighted by Crippen LogP contribution is -2.20. The van der Waals surface area contributed by atoms with Gasteiger partial charge in [0.1, 0.15) is 0 Å². The summed E-state index contributed by atoms with van der Waals surface area (Å²) in [5, 5.41) is 3.55. The summed E-state index contributed by atoms with van der Waals surface area (Å²) < 4.78 is 19.2. The Bertz CT molecular complexity index is 395. The molecule has 100 valence electrons. The predicted octanol–water partition coefficient (Wildman–Crippen LogP) is 3.78. The molecule has 0 heterocycles. The van der Waals surface area contributed by atoms with Gasteiger partial charge in [0.25, 0.3) is 0 Å². The number of hydrogen-bond acceptors (Lipinski definition) is 2. The minimum absolute atomic E-state index is 0.000954. The molecule has 1 atom stereocenters. The number of rotatable bonds is 7. The summed E-state index contributed by atoms with van der Waals surface area (Å²) in [4.78, 5) is 0. The Hall–Kier alpha value is -0.800. The molecule has 2 rings (SSSR count). The Balaban J connectivity index is 1.71. The average molecular weight is 272 g/mol. The molecule has 0 spiro atoms. The first-order valence-electron chi connectivity index (χ1n) is 6.51. The van der Waals surface area contributed by atoms with Crippen molar-refractivity contribution in [1.29, 1.82) is 0 Å². The van der Waals surface area contributed by atoms with Crippen LogP contribution in [0.1, 0.15) is 32.6 Å². The van der Waals surface area contributed by atoms with Gasteiger partial charge in [-0.2, -0.15) is 0 Å². The van der Waals surface area contributed by atoms with Gasteiger partial charge in [-0.3, -0.25) is 0 Å². The molecule has 1 aliphatic carbocycles. The highest BCUT2D eigenvalue weighted by Crippen LogP contribution is 2.25. The minimum atomic E-state index is -0.470. The van der Waals surface area contributed by atoms with Crippen LogP contribution in [-0.2, 0) is 0 Å². The van der Waals surface area contributed by atoms with Crippen molar-refractivity contribution in [2.75, 3.05) is 6.54 Å². The largest absolute Gasteiger partial charge is 0.488 e. The molecule has 0 radical (unpaired) electrons. The van der Waals surface area contributed by atoms with Crippen LogP contribution < -0.4 is 10.1 Å². The van der Waals surface area contributed by atoms with Gasteiger partial charge in [0.2, 0.25) is 0 Å². The van der Waals surface area contributed by atoms with Crippen LogP contribution in [0.5, 0.6) is 5.75 Å². The van der Waals surface area contributed by atoms with Gasteiger partial charge in [0.15, 0.2) is 11.6 Å². The highest BCUT2D eigenvalue weighted by atomic mass is 35.5. The van der Waals surface area contributed by atoms with Gasteiger partial charge >= 0.3 is 0 Å². The Morgan fingerprint density at radius 2 is 2.28 bits per heavy atom. The normalized spacial score (nSPS) is 16.6. The monoisotopic (exact) mass is 271 g/mol. The van der Waals surface area contributed by atoms with E-state index >= 15 is 0 Å². The van der Waals surface area contributed by atoms with Crippen LogP contribution in [0.25, 0.3) is 0 Å². The molecule has 0 aromatic heterocycles. The number of nitrogens with one attached hydrogen (secondary N) is 1. The van der Waals surface area contributed by atoms with Crippen molar-refractivity contribution in [1.82, 2.24) is 5.32 Å². The first-order chi connectivity index (χ1) is 8.66. The summed E-state index contributed by atoms with van der Waals surface area (Å²) in [7, 11) is 0. The standard InChI is InChI=1S/C14H19ClFNO/c1-10(4-3-9-17-11-7-8-11)18-13-6-2-5-12(15)14(13)16/h2,5-6,10-11,17H,3-4,7-9H2,1H3. The molecule has 18 heavy (non-hydrogen) atoms. The Morgan fingerprint density at radius 3 is 3.00 bits per heavy atom. The van der Waals surface area contributed by atoms with E-state index in [1.165, 1.54) is 18.9 Å². The number of hydrogen-bond donors (Lipinski definition) is 1. The average Bonchev–Trinajstić information content (AvgIpc) is 3.15. The van der Waals surface area contributed by atoms with E-state index in [0.717, 1.165) is 25.4 Å². The first-order valence-corrected chi connectivity index (χ1v) is 6.88. The van der Waals surface area contributed by atoms with E-state index in [4.69, 9.17) is 16.3 Å². The van der Waals surface area contributed by atoms with E-state index in [-0.39, 0.29) is 16.9 Å². The zero-order valence-electron chi connectivity index (χ0n) is 10.6. The van der Waals surface area contributed by atoms with E-state index in [1.807, 2.05) is 6.92 Å². The summed E-state index contributed by atoms with van der Waals surface area (Å²) in [6.45, 7) is 2.97. The van der Waals surface area contributed by atoms with Gasteiger partial charge < -0.3 is 10.1 Å². The van der Waals surface area contributed by atoms with Gasteiger partial charge in [0, 0.05) is 6.04 Å². The number of ether oxygens (including phenoxy) is 1. The van der Waals surface area contributed by atoms with Crippen molar-refractivity contribution < 1.29 is 9.13 Å². The molecule has 1 aliphatic rings. The maximum Gasteiger partial charge on any atom is 0.183 e. The number of benzene rings is 1. The predicted molar refractivity (Wildman–Crippen MR) is 71.8 cm³/mol. The van der Waals surface area contributed by atoms with Crippen LogP contribution in [0.4, 0.5) is 4.39 Å². The van der Waals surface area contributed by atoms with Crippen molar-refractivity contribution >= 4 is 11.6 Å². The smallest absolute Gasteiger partial charge is 0.183 e. The summed E-state index contributed by atoms with van der Waals surface area (Å²) in [5.41, 5.74) is 0. The van der Waals surface area contributed by atoms with Crippen LogP contribution in [0.15, 0.2) is 18.2 Å². The molecule has 1 N–H and O–H groups in total. The van der Waals surface area contributed by atoms with E-state index < -0.39 is 5.82 Å². The van der Waals surface area contributed by atoms with Gasteiger partial charge in [0.05, 0.1) is 11.1 Å². The van der Waals surface area contributed by atoms with Crippen molar-refractivity contribution in [2.24, 2.45) is 0 Å². The zero-order valence-corrected chi connectivity index (χ0v) is 11.3. The van der Waals surface area contributed by atoms with Gasteiger partial charge in [-0.05, 0) is 51.3 Å². The maximum atomic E-state index is 13.6. The summed E-state index contributed by atoms with van der Waals surface area (Å²) in [6.07, 6.45) is 4.56. The fraction of sp³-hybridized carbons (Fsp3) is 0.571. The second-order valence-corrected chi connectivity index (χ2v) is 5.26. The SMILES string of the molecule is CC(CCCNC1CC1)Oc1cccc(Cl)c1F. The lowest BCUT2D eigenvalue weighted by molar-refractivity contribution is 0.198. The Kier molecular flexibility index (Phi) is 4.84. The van der Waals surface area contributed by atoms with Crippen LogP contribution >= 0.6 is 11.6 Å². The summed E-state index contributed by atoms with van der Waals surface area (Å²) >= 11 is 5.70. The van der Waals surface area contributed by atoms with Crippen molar-refractivity contribution in [3.63, 3.8) is 0 Å². The van der Waals surface area contributed by atoms with Gasteiger partial charge in [-0.1, -0.05) is 17.7 Å². The topological polar surface area (TPSA) is 21.3 Å². The summed E-state index contributed by atoms with van der Waals surface area (Å²) in [5.74, 6) is -0.229. The molecule has 4 heteroatoms. The van der Waals surface area contributed by atoms with E-state index in [9.17, 15) is 4.39 Å². The van der Waals surface area contributed by atoms with Crippen LogP contribution in [0.2, 0.25) is 5.02 Å². The maximum absolute atomic E-state index is 13.6. The Labute approximate surface area is 112 Å². The molecule has 1 aromatic carbocycles. The molecular weight excluding hydrogens is 253 g/mol. The van der Waals surface area contributed by atoms with E-state index in [1.54, 1.807) is 12.1 Å². The molecule has 0 aliphatic heterocycles. The highest BCUT2D eigenvalue weighted by Gasteiger charge is 2.19. The fourth-order valence-corrected chi connectivity index (χ4v) is 2.00. The lowest BCUT2D eigenvalue weighted by atomic mass is 10.2. The molecule has 1 unspecified atom stereocenters. The van der Waals surface area contributed by atoms with E-state index in [2.05, 4.69) is 5.32 Å². The molecule has 0 bridgehead atoms. The van der Waals surface area contributed by atoms with Crippen molar-refractivity contribution in [3.05, 3.63) is 29.0 Å². The van der Waals surface area contributed by atoms with Crippen molar-refractivity contribution in [3.8, 4) is 5.75 Å². The molecule has 0 saturated heterocycles. The fourth-order valence-electron chi connectivity index (χ4n) is 1.83. The Morgan fingerprint density at radius 1 is 1.50 bits per heavy atom. The molecular formula is C14H19ClFNO. The van der Waals surface area contributed by atoms with Crippen LogP contribution in [0.3, 0.4) is 0 Å². The second kappa shape index (κ2) is 6.39. The molecule has 2 nitrogen and oxygen atoms in total. The third-order valence-electron chi connectivity index (χ3n) is 3.04. The van der Waals surface area contributed by atoms with Crippen molar-refractivity contribution in [2.45, 2.75) is 44.8 Å². The van der Waals surface area contributed by atoms with Gasteiger partial charge in [-0.15, -0.1) is 0 Å². The highest BCUT2D eigenvalue weighted by molar-refractivity contribution is 6.30. The zero-order chi connectivity index (χ0) is 13.0. The molecule has 1 aromatic rings. The quantitative estimate of drug-likeness (QED) is 0.762. The lowest BCUT2D eigenvalue weighted by Gasteiger charge is -2.15. The second-order valence-electron chi connectivity index (χ2n) is 4.85. The number of halogens is 2. The van der Waals surface area contributed by atoms with Crippen LogP contribution in [-0.4, -0.2) is 18.7 Å².